The van der Waals surface area contributed by atoms with Crippen molar-refractivity contribution in [2.24, 2.45) is 5.10 Å². The number of benzene rings is 1. The van der Waals surface area contributed by atoms with E-state index in [1.807, 2.05) is 18.2 Å². The van der Waals surface area contributed by atoms with E-state index in [1.165, 1.54) is 19.3 Å². The number of carbonyl (C=O) groups excluding carboxylic acids is 1. The third-order valence-corrected chi connectivity index (χ3v) is 4.00. The fraction of sp³-hybridized carbons (Fsp3) is 0.500. The summed E-state index contributed by atoms with van der Waals surface area (Å²) in [5, 5.41) is 6.15. The molecule has 2 aliphatic rings. The summed E-state index contributed by atoms with van der Waals surface area (Å²) >= 11 is 0. The van der Waals surface area contributed by atoms with E-state index in [2.05, 4.69) is 22.1 Å². The van der Waals surface area contributed by atoms with E-state index < -0.39 is 0 Å². The Morgan fingerprint density at radius 2 is 1.80 bits per heavy atom. The topological polar surface area (TPSA) is 35.9 Å². The van der Waals surface area contributed by atoms with Crippen molar-refractivity contribution in [1.29, 1.82) is 0 Å². The van der Waals surface area contributed by atoms with E-state index >= 15 is 0 Å². The smallest absolute Gasteiger partial charge is 0.256 e. The molecule has 0 N–H and O–H groups in total. The van der Waals surface area contributed by atoms with Crippen molar-refractivity contribution < 1.29 is 4.79 Å². The number of likely N-dealkylation sites (tertiary alicyclic amines) is 1. The molecule has 106 valence electrons. The van der Waals surface area contributed by atoms with Gasteiger partial charge in [0.25, 0.3) is 5.91 Å². The summed E-state index contributed by atoms with van der Waals surface area (Å²) in [6.07, 6.45) is 4.58. The van der Waals surface area contributed by atoms with Crippen LogP contribution in [0.15, 0.2) is 35.4 Å². The van der Waals surface area contributed by atoms with Gasteiger partial charge in [-0.05, 0) is 31.5 Å². The van der Waals surface area contributed by atoms with Crippen molar-refractivity contribution in [3.8, 4) is 0 Å². The zero-order valence-electron chi connectivity index (χ0n) is 11.8. The summed E-state index contributed by atoms with van der Waals surface area (Å²) in [6, 6.07) is 10.1. The minimum absolute atomic E-state index is 0.137. The average molecular weight is 271 g/mol. The van der Waals surface area contributed by atoms with E-state index in [0.717, 1.165) is 37.3 Å². The zero-order valence-corrected chi connectivity index (χ0v) is 11.8. The number of hydrogen-bond donors (Lipinski definition) is 0. The van der Waals surface area contributed by atoms with Gasteiger partial charge in [-0.25, -0.2) is 5.01 Å². The molecule has 0 saturated carbocycles. The molecule has 1 aromatic rings. The van der Waals surface area contributed by atoms with Gasteiger partial charge in [0, 0.05) is 6.42 Å². The number of hydrogen-bond acceptors (Lipinski definition) is 3. The van der Waals surface area contributed by atoms with E-state index in [9.17, 15) is 4.79 Å². The van der Waals surface area contributed by atoms with Gasteiger partial charge in [0.15, 0.2) is 0 Å². The van der Waals surface area contributed by atoms with Crippen molar-refractivity contribution >= 4 is 11.6 Å². The maximum atomic E-state index is 12.3. The van der Waals surface area contributed by atoms with Crippen molar-refractivity contribution in [3.63, 3.8) is 0 Å². The van der Waals surface area contributed by atoms with Crippen LogP contribution in [-0.4, -0.2) is 47.7 Å². The second-order valence-electron chi connectivity index (χ2n) is 5.52. The molecule has 4 nitrogen and oxygen atoms in total. The minimum atomic E-state index is 0.137. The third-order valence-electron chi connectivity index (χ3n) is 4.00. The van der Waals surface area contributed by atoms with Crippen molar-refractivity contribution in [3.05, 3.63) is 35.9 Å². The summed E-state index contributed by atoms with van der Waals surface area (Å²) in [5.41, 5.74) is 2.15. The number of piperidine rings is 1. The second-order valence-corrected chi connectivity index (χ2v) is 5.52. The van der Waals surface area contributed by atoms with E-state index in [1.54, 1.807) is 5.01 Å². The van der Waals surface area contributed by atoms with Gasteiger partial charge in [-0.3, -0.25) is 9.69 Å². The average Bonchev–Trinajstić information content (AvgIpc) is 2.99. The quantitative estimate of drug-likeness (QED) is 0.844. The Kier molecular flexibility index (Phi) is 4.11. The third kappa shape index (κ3) is 3.07. The fourth-order valence-corrected chi connectivity index (χ4v) is 2.86. The molecule has 0 spiro atoms. The van der Waals surface area contributed by atoms with Crippen molar-refractivity contribution in [1.82, 2.24) is 9.91 Å². The molecule has 0 radical (unpaired) electrons. The highest BCUT2D eigenvalue weighted by Crippen LogP contribution is 2.15. The summed E-state index contributed by atoms with van der Waals surface area (Å²) in [5.74, 6) is 0.137. The Morgan fingerprint density at radius 3 is 2.55 bits per heavy atom. The lowest BCUT2D eigenvalue weighted by molar-refractivity contribution is -0.132. The highest BCUT2D eigenvalue weighted by Gasteiger charge is 2.23. The van der Waals surface area contributed by atoms with Gasteiger partial charge in [-0.1, -0.05) is 36.8 Å². The molecule has 1 saturated heterocycles. The Labute approximate surface area is 120 Å². The number of rotatable bonds is 3. The summed E-state index contributed by atoms with van der Waals surface area (Å²) < 4.78 is 0. The van der Waals surface area contributed by atoms with Crippen LogP contribution in [0.5, 0.6) is 0 Å². The molecule has 1 amide bonds. The Balaban J connectivity index is 1.61. The largest absolute Gasteiger partial charge is 0.294 e. The monoisotopic (exact) mass is 271 g/mol. The van der Waals surface area contributed by atoms with Gasteiger partial charge in [0.1, 0.15) is 0 Å². The number of nitrogens with zero attached hydrogens (tertiary/aromatic N) is 3. The lowest BCUT2D eigenvalue weighted by Gasteiger charge is -2.26. The molecular formula is C16H21N3O. The standard InChI is InChI=1S/C16H21N3O/c20-16(13-18-10-5-2-6-11-18)19-12-9-15(17-19)14-7-3-1-4-8-14/h1,3-4,7-8H,2,5-6,9-13H2. The Bertz CT molecular complexity index is 492. The van der Waals surface area contributed by atoms with Crippen LogP contribution in [0.1, 0.15) is 31.2 Å². The lowest BCUT2D eigenvalue weighted by atomic mass is 10.1. The van der Waals surface area contributed by atoms with E-state index in [4.69, 9.17) is 0 Å². The van der Waals surface area contributed by atoms with Crippen molar-refractivity contribution in [2.75, 3.05) is 26.2 Å². The fourth-order valence-electron chi connectivity index (χ4n) is 2.86. The number of amides is 1. The maximum Gasteiger partial charge on any atom is 0.256 e. The zero-order chi connectivity index (χ0) is 13.8. The van der Waals surface area contributed by atoms with Crippen LogP contribution in [0.3, 0.4) is 0 Å². The molecule has 0 bridgehead atoms. The van der Waals surface area contributed by atoms with E-state index in [0.29, 0.717) is 6.54 Å². The summed E-state index contributed by atoms with van der Waals surface area (Å²) in [6.45, 7) is 3.34. The first-order valence-corrected chi connectivity index (χ1v) is 7.48. The second kappa shape index (κ2) is 6.18. The lowest BCUT2D eigenvalue weighted by Crippen LogP contribution is -2.39. The molecule has 2 heterocycles. The van der Waals surface area contributed by atoms with Crippen LogP contribution in [0.2, 0.25) is 0 Å². The Morgan fingerprint density at radius 1 is 1.05 bits per heavy atom. The number of carbonyl (C=O) groups is 1. The molecule has 4 heteroatoms. The molecule has 1 aromatic carbocycles. The summed E-state index contributed by atoms with van der Waals surface area (Å²) in [7, 11) is 0. The highest BCUT2D eigenvalue weighted by atomic mass is 16.2. The van der Waals surface area contributed by atoms with Crippen LogP contribution in [-0.2, 0) is 4.79 Å². The first kappa shape index (κ1) is 13.3. The molecule has 20 heavy (non-hydrogen) atoms. The molecule has 2 aliphatic heterocycles. The van der Waals surface area contributed by atoms with Gasteiger partial charge >= 0.3 is 0 Å². The van der Waals surface area contributed by atoms with Crippen molar-refractivity contribution in [2.45, 2.75) is 25.7 Å². The predicted octanol–water partition coefficient (Wildman–Crippen LogP) is 2.11. The first-order valence-electron chi connectivity index (χ1n) is 7.48. The Hall–Kier alpha value is -1.68. The number of hydrazone groups is 1. The van der Waals surface area contributed by atoms with Crippen LogP contribution in [0, 0.1) is 0 Å². The maximum absolute atomic E-state index is 12.3. The van der Waals surface area contributed by atoms with Gasteiger partial charge in [-0.15, -0.1) is 0 Å². The molecular weight excluding hydrogens is 250 g/mol. The summed E-state index contributed by atoms with van der Waals surface area (Å²) in [4.78, 5) is 14.5. The van der Waals surface area contributed by atoms with Gasteiger partial charge in [0.05, 0.1) is 18.8 Å². The molecule has 1 fully saturated rings. The molecule has 0 aromatic heterocycles. The molecule has 3 rings (SSSR count). The van der Waals surface area contributed by atoms with E-state index in [-0.39, 0.29) is 5.91 Å². The highest BCUT2D eigenvalue weighted by molar-refractivity contribution is 6.02. The first-order chi connectivity index (χ1) is 9.83. The normalized spacial score (nSPS) is 20.0. The van der Waals surface area contributed by atoms with Crippen LogP contribution >= 0.6 is 0 Å². The predicted molar refractivity (Wildman–Crippen MR) is 79.6 cm³/mol. The van der Waals surface area contributed by atoms with Gasteiger partial charge in [-0.2, -0.15) is 5.10 Å². The molecule has 0 unspecified atom stereocenters. The SMILES string of the molecule is O=C(CN1CCCCC1)N1CCC(c2ccccc2)=N1. The van der Waals surface area contributed by atoms with Crippen LogP contribution in [0.25, 0.3) is 0 Å². The molecule has 0 atom stereocenters. The van der Waals surface area contributed by atoms with Gasteiger partial charge < -0.3 is 0 Å². The van der Waals surface area contributed by atoms with Crippen LogP contribution < -0.4 is 0 Å². The minimum Gasteiger partial charge on any atom is -0.294 e. The van der Waals surface area contributed by atoms with Gasteiger partial charge in [0.2, 0.25) is 0 Å². The van der Waals surface area contributed by atoms with Crippen LogP contribution in [0.4, 0.5) is 0 Å². The molecule has 0 aliphatic carbocycles.